The van der Waals surface area contributed by atoms with Crippen LogP contribution in [0.25, 0.3) is 0 Å². The maximum atomic E-state index is 6.08. The second kappa shape index (κ2) is 5.69. The molecule has 0 aliphatic carbocycles. The fraction of sp³-hybridized carbons (Fsp3) is 0.636. The van der Waals surface area contributed by atoms with Gasteiger partial charge in [-0.05, 0) is 12.8 Å². The number of aromatic nitrogens is 2. The Balaban J connectivity index is 2.20. The molecule has 1 aromatic rings. The topological polar surface area (TPSA) is 82.3 Å². The van der Waals surface area contributed by atoms with Gasteiger partial charge in [-0.15, -0.1) is 0 Å². The minimum absolute atomic E-state index is 0.221. The molecule has 0 amide bonds. The lowest BCUT2D eigenvalue weighted by Gasteiger charge is -2.37. The van der Waals surface area contributed by atoms with Crippen molar-refractivity contribution in [3.63, 3.8) is 0 Å². The third-order valence-corrected chi connectivity index (χ3v) is 3.41. The highest BCUT2D eigenvalue weighted by Crippen LogP contribution is 2.28. The zero-order valence-corrected chi connectivity index (χ0v) is 11.0. The fourth-order valence-electron chi connectivity index (χ4n) is 1.93. The lowest BCUT2D eigenvalue weighted by Crippen LogP contribution is -2.49. The minimum atomic E-state index is -0.221. The molecule has 2 rings (SSSR count). The van der Waals surface area contributed by atoms with Gasteiger partial charge in [-0.25, -0.2) is 4.98 Å². The summed E-state index contributed by atoms with van der Waals surface area (Å²) in [7, 11) is 1.51. The summed E-state index contributed by atoms with van der Waals surface area (Å²) in [5.74, 6) is 0.552. The summed E-state index contributed by atoms with van der Waals surface area (Å²) in [6.07, 6.45) is 3.16. The smallest absolute Gasteiger partial charge is 0.318 e. The van der Waals surface area contributed by atoms with E-state index in [-0.39, 0.29) is 11.5 Å². The van der Waals surface area contributed by atoms with Crippen LogP contribution in [-0.2, 0) is 4.74 Å². The maximum Gasteiger partial charge on any atom is 0.318 e. The number of nitrogens with one attached hydrogen (secondary N) is 1. The van der Waals surface area contributed by atoms with Crippen molar-refractivity contribution >= 4 is 17.4 Å². The van der Waals surface area contributed by atoms with Crippen molar-refractivity contribution < 1.29 is 9.47 Å². The van der Waals surface area contributed by atoms with Gasteiger partial charge in [0.2, 0.25) is 0 Å². The monoisotopic (exact) mass is 272 g/mol. The molecule has 0 aromatic carbocycles. The Morgan fingerprint density at radius 2 is 2.28 bits per heavy atom. The lowest BCUT2D eigenvalue weighted by atomic mass is 9.90. The maximum absolute atomic E-state index is 6.08. The van der Waals surface area contributed by atoms with E-state index in [0.717, 1.165) is 12.8 Å². The van der Waals surface area contributed by atoms with Gasteiger partial charge in [-0.2, -0.15) is 4.98 Å². The van der Waals surface area contributed by atoms with Crippen LogP contribution < -0.4 is 15.8 Å². The Kier molecular flexibility index (Phi) is 4.21. The first-order valence-electron chi connectivity index (χ1n) is 5.82. The number of methoxy groups -OCH3 is 1. The summed E-state index contributed by atoms with van der Waals surface area (Å²) in [6, 6.07) is 0.279. The molecule has 1 saturated heterocycles. The SMILES string of the molecule is COc1ncc(Cl)c(NC2(CN)CCOCC2)n1. The number of halogens is 1. The third kappa shape index (κ3) is 2.82. The highest BCUT2D eigenvalue weighted by Gasteiger charge is 2.32. The van der Waals surface area contributed by atoms with Crippen LogP contribution in [0.5, 0.6) is 6.01 Å². The molecule has 0 unspecified atom stereocenters. The van der Waals surface area contributed by atoms with Crippen molar-refractivity contribution in [2.24, 2.45) is 5.73 Å². The molecule has 7 heteroatoms. The Labute approximate surface area is 111 Å². The Bertz CT molecular complexity index is 410. The first-order chi connectivity index (χ1) is 8.69. The normalized spacial score (nSPS) is 18.4. The molecule has 100 valence electrons. The molecule has 0 saturated carbocycles. The van der Waals surface area contributed by atoms with Crippen LogP contribution in [0.15, 0.2) is 6.20 Å². The molecular weight excluding hydrogens is 256 g/mol. The van der Waals surface area contributed by atoms with Gasteiger partial charge in [0.25, 0.3) is 0 Å². The lowest BCUT2D eigenvalue weighted by molar-refractivity contribution is 0.0627. The second-order valence-corrected chi connectivity index (χ2v) is 4.68. The standard InChI is InChI=1S/C11H17ClN4O2/c1-17-10-14-6-8(12)9(15-10)16-11(7-13)2-4-18-5-3-11/h6H,2-5,7,13H2,1H3,(H,14,15,16). The van der Waals surface area contributed by atoms with Crippen LogP contribution in [0, 0.1) is 0 Å². The zero-order chi connectivity index (χ0) is 13.0. The molecule has 18 heavy (non-hydrogen) atoms. The number of ether oxygens (including phenoxy) is 2. The van der Waals surface area contributed by atoms with E-state index in [1.165, 1.54) is 13.3 Å². The van der Waals surface area contributed by atoms with Crippen LogP contribution in [0.3, 0.4) is 0 Å². The van der Waals surface area contributed by atoms with E-state index < -0.39 is 0 Å². The van der Waals surface area contributed by atoms with Crippen molar-refractivity contribution in [2.45, 2.75) is 18.4 Å². The molecule has 3 N–H and O–H groups in total. The van der Waals surface area contributed by atoms with E-state index >= 15 is 0 Å². The average Bonchev–Trinajstić information content (AvgIpc) is 2.42. The predicted octanol–water partition coefficient (Wildman–Crippen LogP) is 1.06. The van der Waals surface area contributed by atoms with Crippen LogP contribution in [-0.4, -0.2) is 42.4 Å². The van der Waals surface area contributed by atoms with Crippen LogP contribution in [0.1, 0.15) is 12.8 Å². The minimum Gasteiger partial charge on any atom is -0.467 e. The summed E-state index contributed by atoms with van der Waals surface area (Å²) >= 11 is 6.08. The summed E-state index contributed by atoms with van der Waals surface area (Å²) in [4.78, 5) is 8.14. The predicted molar refractivity (Wildman–Crippen MR) is 69.1 cm³/mol. The third-order valence-electron chi connectivity index (χ3n) is 3.13. The molecular formula is C11H17ClN4O2. The highest BCUT2D eigenvalue weighted by molar-refractivity contribution is 6.32. The van der Waals surface area contributed by atoms with E-state index in [1.54, 1.807) is 0 Å². The van der Waals surface area contributed by atoms with Gasteiger partial charge in [-0.1, -0.05) is 11.6 Å². The van der Waals surface area contributed by atoms with Gasteiger partial charge >= 0.3 is 6.01 Å². The number of nitrogens with zero attached hydrogens (tertiary/aromatic N) is 2. The molecule has 0 spiro atoms. The molecule has 0 atom stereocenters. The van der Waals surface area contributed by atoms with Gasteiger partial charge in [0, 0.05) is 19.8 Å². The molecule has 6 nitrogen and oxygen atoms in total. The van der Waals surface area contributed by atoms with E-state index in [2.05, 4.69) is 15.3 Å². The van der Waals surface area contributed by atoms with E-state index in [9.17, 15) is 0 Å². The average molecular weight is 273 g/mol. The van der Waals surface area contributed by atoms with E-state index in [1.807, 2.05) is 0 Å². The molecule has 2 heterocycles. The van der Waals surface area contributed by atoms with Crippen LogP contribution in [0.2, 0.25) is 5.02 Å². The number of anilines is 1. The highest BCUT2D eigenvalue weighted by atomic mass is 35.5. The summed E-state index contributed by atoms with van der Waals surface area (Å²) in [6.45, 7) is 1.87. The summed E-state index contributed by atoms with van der Waals surface area (Å²) in [5, 5.41) is 3.77. The number of rotatable bonds is 4. The van der Waals surface area contributed by atoms with Gasteiger partial charge in [-0.3, -0.25) is 0 Å². The van der Waals surface area contributed by atoms with E-state index in [0.29, 0.717) is 30.6 Å². The number of hydrogen-bond donors (Lipinski definition) is 2. The Morgan fingerprint density at radius 3 is 2.89 bits per heavy atom. The van der Waals surface area contributed by atoms with Crippen LogP contribution >= 0.6 is 11.6 Å². The largest absolute Gasteiger partial charge is 0.467 e. The first kappa shape index (κ1) is 13.3. The summed E-state index contributed by atoms with van der Waals surface area (Å²) < 4.78 is 10.3. The van der Waals surface area contributed by atoms with Crippen LogP contribution in [0.4, 0.5) is 5.82 Å². The van der Waals surface area contributed by atoms with Crippen molar-refractivity contribution in [3.05, 3.63) is 11.2 Å². The van der Waals surface area contributed by atoms with Crippen molar-refractivity contribution in [1.29, 1.82) is 0 Å². The first-order valence-corrected chi connectivity index (χ1v) is 6.19. The van der Waals surface area contributed by atoms with Gasteiger partial charge in [0.05, 0.1) is 18.8 Å². The number of hydrogen-bond acceptors (Lipinski definition) is 6. The van der Waals surface area contributed by atoms with Gasteiger partial charge in [0.15, 0.2) is 5.82 Å². The number of nitrogens with two attached hydrogens (primary N) is 1. The Morgan fingerprint density at radius 1 is 1.56 bits per heavy atom. The van der Waals surface area contributed by atoms with Crippen molar-refractivity contribution in [2.75, 3.05) is 32.2 Å². The zero-order valence-electron chi connectivity index (χ0n) is 10.3. The quantitative estimate of drug-likeness (QED) is 0.853. The van der Waals surface area contributed by atoms with Gasteiger partial charge < -0.3 is 20.5 Å². The fourth-order valence-corrected chi connectivity index (χ4v) is 2.07. The van der Waals surface area contributed by atoms with E-state index in [4.69, 9.17) is 26.8 Å². The van der Waals surface area contributed by atoms with Crippen molar-refractivity contribution in [1.82, 2.24) is 9.97 Å². The summed E-state index contributed by atoms with van der Waals surface area (Å²) in [5.41, 5.74) is 5.65. The molecule has 1 aliphatic heterocycles. The molecule has 0 radical (unpaired) electrons. The second-order valence-electron chi connectivity index (χ2n) is 4.28. The Hall–Kier alpha value is -1.11. The molecule has 1 aliphatic rings. The molecule has 0 bridgehead atoms. The molecule has 1 aromatic heterocycles. The van der Waals surface area contributed by atoms with Crippen molar-refractivity contribution in [3.8, 4) is 6.01 Å². The molecule has 1 fully saturated rings. The van der Waals surface area contributed by atoms with Gasteiger partial charge in [0.1, 0.15) is 5.02 Å².